The molecule has 0 spiro atoms. The summed E-state index contributed by atoms with van der Waals surface area (Å²) in [6.07, 6.45) is 0. The number of hydrogen-bond donors (Lipinski definition) is 0. The summed E-state index contributed by atoms with van der Waals surface area (Å²) in [7, 11) is 0. The Balaban J connectivity index is 1.94. The van der Waals surface area contributed by atoms with Gasteiger partial charge in [0.1, 0.15) is 16.9 Å². The lowest BCUT2D eigenvalue weighted by molar-refractivity contribution is 0.590. The topological polar surface area (TPSA) is 43.1 Å². The van der Waals surface area contributed by atoms with Gasteiger partial charge in [-0.05, 0) is 44.2 Å². The number of hydrogen-bond acceptors (Lipinski definition) is 4. The van der Waals surface area contributed by atoms with E-state index in [4.69, 9.17) is 4.99 Å². The summed E-state index contributed by atoms with van der Waals surface area (Å²) in [6, 6.07) is 8.84. The fraction of sp³-hybridized carbons (Fsp3) is 0.409. The van der Waals surface area contributed by atoms with Gasteiger partial charge in [-0.1, -0.05) is 45.0 Å². The van der Waals surface area contributed by atoms with E-state index in [0.29, 0.717) is 0 Å². The van der Waals surface area contributed by atoms with Crippen LogP contribution >= 0.6 is 11.3 Å². The minimum Gasteiger partial charge on any atom is -0.273 e. The molecule has 1 aliphatic heterocycles. The molecule has 140 valence electrons. The lowest BCUT2D eigenvalue weighted by Gasteiger charge is -2.19. The van der Waals surface area contributed by atoms with Gasteiger partial charge in [0.2, 0.25) is 0 Å². The Morgan fingerprint density at radius 1 is 1.00 bits per heavy atom. The number of aryl methyl sites for hydroxylation is 2. The standard InChI is InChI=1S/C22H26N4S/c1-12-14(3)27-21-18(12)19(16-8-10-17(11-9-16)22(5,6)7)23-13(2)20-25-24-15(4)26(20)21/h8-11,13H,1-7H3. The zero-order valence-electron chi connectivity index (χ0n) is 17.1. The van der Waals surface area contributed by atoms with Gasteiger partial charge in [-0.3, -0.25) is 9.56 Å². The maximum Gasteiger partial charge on any atom is 0.162 e. The summed E-state index contributed by atoms with van der Waals surface area (Å²) in [4.78, 5) is 6.42. The van der Waals surface area contributed by atoms with E-state index in [-0.39, 0.29) is 11.5 Å². The van der Waals surface area contributed by atoms with Crippen LogP contribution in [-0.2, 0) is 5.41 Å². The maximum atomic E-state index is 5.11. The summed E-state index contributed by atoms with van der Waals surface area (Å²) < 4.78 is 2.19. The van der Waals surface area contributed by atoms with Gasteiger partial charge in [0, 0.05) is 16.0 Å². The molecule has 1 aromatic carbocycles. The summed E-state index contributed by atoms with van der Waals surface area (Å²) in [5.41, 5.74) is 6.21. The van der Waals surface area contributed by atoms with Crippen molar-refractivity contribution >= 4 is 17.0 Å². The summed E-state index contributed by atoms with van der Waals surface area (Å²) >= 11 is 1.80. The van der Waals surface area contributed by atoms with Crippen molar-refractivity contribution in [2.24, 2.45) is 4.99 Å². The predicted molar refractivity (Wildman–Crippen MR) is 113 cm³/mol. The third-order valence-electron chi connectivity index (χ3n) is 5.38. The summed E-state index contributed by atoms with van der Waals surface area (Å²) in [5.74, 6) is 1.83. The Labute approximate surface area is 165 Å². The summed E-state index contributed by atoms with van der Waals surface area (Å²) in [5, 5.41) is 9.92. The molecular formula is C22H26N4S. The average molecular weight is 379 g/mol. The number of rotatable bonds is 1. The van der Waals surface area contributed by atoms with E-state index in [1.165, 1.54) is 26.6 Å². The van der Waals surface area contributed by atoms with Crippen LogP contribution in [0.5, 0.6) is 0 Å². The fourth-order valence-electron chi connectivity index (χ4n) is 3.61. The van der Waals surface area contributed by atoms with Gasteiger partial charge in [0.15, 0.2) is 5.82 Å². The van der Waals surface area contributed by atoms with Crippen LogP contribution in [0.2, 0.25) is 0 Å². The third kappa shape index (κ3) is 2.85. The second-order valence-electron chi connectivity index (χ2n) is 8.39. The molecule has 0 saturated carbocycles. The van der Waals surface area contributed by atoms with Crippen molar-refractivity contribution in [3.05, 3.63) is 63.0 Å². The molecule has 4 rings (SSSR count). The molecular weight excluding hydrogens is 352 g/mol. The van der Waals surface area contributed by atoms with Crippen LogP contribution in [-0.4, -0.2) is 20.5 Å². The molecule has 0 saturated heterocycles. The number of benzene rings is 1. The highest BCUT2D eigenvalue weighted by Crippen LogP contribution is 2.38. The number of thiophene rings is 1. The molecule has 3 aromatic rings. The number of aromatic nitrogens is 3. The molecule has 0 aliphatic carbocycles. The van der Waals surface area contributed by atoms with Crippen molar-refractivity contribution in [1.29, 1.82) is 0 Å². The Kier molecular flexibility index (Phi) is 4.11. The zero-order chi connectivity index (χ0) is 19.5. The maximum absolute atomic E-state index is 5.11. The van der Waals surface area contributed by atoms with Crippen molar-refractivity contribution < 1.29 is 0 Å². The smallest absolute Gasteiger partial charge is 0.162 e. The molecule has 0 amide bonds. The molecule has 5 heteroatoms. The molecule has 0 bridgehead atoms. The molecule has 3 heterocycles. The minimum atomic E-state index is -0.0391. The molecule has 0 radical (unpaired) electrons. The van der Waals surface area contributed by atoms with E-state index in [0.717, 1.165) is 22.9 Å². The van der Waals surface area contributed by atoms with E-state index in [1.807, 2.05) is 6.92 Å². The molecule has 27 heavy (non-hydrogen) atoms. The first-order chi connectivity index (χ1) is 12.7. The highest BCUT2D eigenvalue weighted by molar-refractivity contribution is 7.15. The van der Waals surface area contributed by atoms with Gasteiger partial charge in [-0.25, -0.2) is 0 Å². The second-order valence-corrected chi connectivity index (χ2v) is 9.59. The lowest BCUT2D eigenvalue weighted by Crippen LogP contribution is -2.12. The number of nitrogens with zero attached hydrogens (tertiary/aromatic N) is 4. The van der Waals surface area contributed by atoms with Gasteiger partial charge in [0.05, 0.1) is 5.71 Å². The first-order valence-corrected chi connectivity index (χ1v) is 10.2. The monoisotopic (exact) mass is 378 g/mol. The molecule has 1 unspecified atom stereocenters. The number of aliphatic imine (C=N–C) groups is 1. The third-order valence-corrected chi connectivity index (χ3v) is 6.57. The molecule has 1 aliphatic rings. The average Bonchev–Trinajstić information content (AvgIpc) is 3.08. The molecule has 0 N–H and O–H groups in total. The van der Waals surface area contributed by atoms with Crippen molar-refractivity contribution in [1.82, 2.24) is 14.8 Å². The first-order valence-electron chi connectivity index (χ1n) is 9.40. The fourth-order valence-corrected chi connectivity index (χ4v) is 4.82. The van der Waals surface area contributed by atoms with E-state index in [2.05, 4.69) is 80.6 Å². The van der Waals surface area contributed by atoms with Crippen molar-refractivity contribution in [2.75, 3.05) is 0 Å². The van der Waals surface area contributed by atoms with Crippen molar-refractivity contribution in [3.63, 3.8) is 0 Å². The van der Waals surface area contributed by atoms with Crippen LogP contribution in [0.1, 0.15) is 72.5 Å². The highest BCUT2D eigenvalue weighted by Gasteiger charge is 2.29. The van der Waals surface area contributed by atoms with Crippen LogP contribution in [0.4, 0.5) is 0 Å². The Morgan fingerprint density at radius 2 is 1.67 bits per heavy atom. The van der Waals surface area contributed by atoms with E-state index in [1.54, 1.807) is 11.3 Å². The van der Waals surface area contributed by atoms with Crippen LogP contribution < -0.4 is 0 Å². The number of fused-ring (bicyclic) bond motifs is 3. The minimum absolute atomic E-state index is 0.0391. The Bertz CT molecular complexity index is 1050. The van der Waals surface area contributed by atoms with Gasteiger partial charge in [-0.2, -0.15) is 0 Å². The van der Waals surface area contributed by atoms with Gasteiger partial charge >= 0.3 is 0 Å². The van der Waals surface area contributed by atoms with Gasteiger partial charge < -0.3 is 0 Å². The van der Waals surface area contributed by atoms with Crippen LogP contribution in [0.15, 0.2) is 29.3 Å². The first kappa shape index (κ1) is 18.1. The van der Waals surface area contributed by atoms with Crippen molar-refractivity contribution in [2.45, 2.75) is 59.9 Å². The SMILES string of the molecule is Cc1sc2c(c1C)C(c1ccc(C(C)(C)C)cc1)=NC(C)c1nnc(C)n1-2. The zero-order valence-corrected chi connectivity index (χ0v) is 17.9. The van der Waals surface area contributed by atoms with E-state index >= 15 is 0 Å². The normalized spacial score (nSPS) is 16.6. The Hall–Kier alpha value is -2.27. The van der Waals surface area contributed by atoms with Gasteiger partial charge in [-0.15, -0.1) is 21.5 Å². The van der Waals surface area contributed by atoms with Crippen LogP contribution in [0.25, 0.3) is 5.00 Å². The lowest BCUT2D eigenvalue weighted by atomic mass is 9.86. The van der Waals surface area contributed by atoms with Crippen LogP contribution in [0.3, 0.4) is 0 Å². The second kappa shape index (κ2) is 6.13. The largest absolute Gasteiger partial charge is 0.273 e. The highest BCUT2D eigenvalue weighted by atomic mass is 32.1. The molecule has 1 atom stereocenters. The molecule has 2 aromatic heterocycles. The van der Waals surface area contributed by atoms with Gasteiger partial charge in [0.25, 0.3) is 0 Å². The van der Waals surface area contributed by atoms with Crippen LogP contribution in [0, 0.1) is 20.8 Å². The molecule has 0 fully saturated rings. The van der Waals surface area contributed by atoms with E-state index in [9.17, 15) is 0 Å². The summed E-state index contributed by atoms with van der Waals surface area (Å²) in [6.45, 7) is 15.2. The predicted octanol–water partition coefficient (Wildman–Crippen LogP) is 5.46. The quantitative estimate of drug-likeness (QED) is 0.564. The van der Waals surface area contributed by atoms with Crippen molar-refractivity contribution in [3.8, 4) is 5.00 Å². The molecule has 4 nitrogen and oxygen atoms in total. The Morgan fingerprint density at radius 3 is 2.30 bits per heavy atom. The van der Waals surface area contributed by atoms with E-state index < -0.39 is 0 Å².